The maximum absolute atomic E-state index is 8.42. The van der Waals surface area contributed by atoms with Crippen molar-refractivity contribution in [3.8, 4) is 0 Å². The molecule has 0 amide bonds. The molecule has 0 aliphatic rings. The molecule has 0 spiro atoms. The van der Waals surface area contributed by atoms with E-state index < -0.39 is 0 Å². The summed E-state index contributed by atoms with van der Waals surface area (Å²) in [5.74, 6) is 0. The fraction of sp³-hybridized carbons (Fsp3) is 0.714. The van der Waals surface area contributed by atoms with Gasteiger partial charge in [0.05, 0.1) is 25.7 Å². The molecule has 0 atom stereocenters. The fourth-order valence-corrected chi connectivity index (χ4v) is 1.11. The monoisotopic (exact) mass is 260 g/mol. The molecule has 4 nitrogen and oxygen atoms in total. The minimum atomic E-state index is 0.250. The van der Waals surface area contributed by atoms with Crippen LogP contribution in [-0.4, -0.2) is 36.6 Å². The number of hydrogen-bond donors (Lipinski definition) is 2. The number of unbranched alkanes of at least 4 members (excludes halogenated alkanes) is 4. The van der Waals surface area contributed by atoms with Gasteiger partial charge in [-0.25, -0.2) is 0 Å². The zero-order chi connectivity index (χ0) is 13.9. The number of aliphatic hydroxyl groups excluding tert-OH is 2. The summed E-state index contributed by atoms with van der Waals surface area (Å²) in [6.07, 6.45) is 8.80. The Morgan fingerprint density at radius 3 is 1.50 bits per heavy atom. The zero-order valence-electron chi connectivity index (χ0n) is 11.4. The Hall–Kier alpha value is -1.00. The quantitative estimate of drug-likeness (QED) is 0.418. The topological polar surface area (TPSA) is 58.9 Å². The first kappa shape index (κ1) is 19.3. The van der Waals surface area contributed by atoms with Crippen molar-refractivity contribution in [3.05, 3.63) is 25.7 Å². The normalized spacial score (nSPS) is 9.00. The Morgan fingerprint density at radius 1 is 0.667 bits per heavy atom. The van der Waals surface area contributed by atoms with Crippen LogP contribution < -0.4 is 0 Å². The Kier molecular flexibility index (Phi) is 22.9. The van der Waals surface area contributed by atoms with Crippen LogP contribution in [0.4, 0.5) is 0 Å². The Morgan fingerprint density at radius 2 is 1.06 bits per heavy atom. The smallest absolute Gasteiger partial charge is 0.0873 e. The van der Waals surface area contributed by atoms with Crippen LogP contribution >= 0.6 is 0 Å². The van der Waals surface area contributed by atoms with Gasteiger partial charge in [-0.1, -0.05) is 19.6 Å². The second kappa shape index (κ2) is 21.3. The van der Waals surface area contributed by atoms with E-state index in [0.29, 0.717) is 13.2 Å². The predicted octanol–water partition coefficient (Wildman–Crippen LogP) is 2.62. The van der Waals surface area contributed by atoms with Gasteiger partial charge in [0.1, 0.15) is 0 Å². The highest BCUT2D eigenvalue weighted by Gasteiger charge is 1.87. The molecule has 0 aromatic rings. The summed E-state index contributed by atoms with van der Waals surface area (Å²) in [5, 5.41) is 16.7. The standard InChI is InChI=1S/C8H16O2.C6H12O2/c1-2-10-8-6-4-3-5-7-9;1-2-8-6-4-3-5-7/h2,9H,1,3-8H2;2,7H,1,3-6H2. The number of ether oxygens (including phenoxy) is 2. The van der Waals surface area contributed by atoms with Crippen LogP contribution in [0.25, 0.3) is 0 Å². The van der Waals surface area contributed by atoms with Crippen LogP contribution in [0.3, 0.4) is 0 Å². The van der Waals surface area contributed by atoms with E-state index in [0.717, 1.165) is 45.1 Å². The van der Waals surface area contributed by atoms with Gasteiger partial charge in [0.15, 0.2) is 0 Å². The lowest BCUT2D eigenvalue weighted by molar-refractivity contribution is 0.220. The third-order valence-corrected chi connectivity index (χ3v) is 2.08. The Balaban J connectivity index is 0. The highest BCUT2D eigenvalue weighted by molar-refractivity contribution is 4.49. The Bertz CT molecular complexity index is 160. The molecule has 0 aliphatic carbocycles. The van der Waals surface area contributed by atoms with E-state index in [2.05, 4.69) is 13.2 Å². The van der Waals surface area contributed by atoms with Gasteiger partial charge in [0.2, 0.25) is 0 Å². The van der Waals surface area contributed by atoms with E-state index in [1.807, 2.05) is 0 Å². The maximum Gasteiger partial charge on any atom is 0.0873 e. The van der Waals surface area contributed by atoms with Gasteiger partial charge in [-0.15, -0.1) is 0 Å². The molecule has 0 bridgehead atoms. The third kappa shape index (κ3) is 24.3. The molecule has 0 heterocycles. The fourth-order valence-electron chi connectivity index (χ4n) is 1.11. The van der Waals surface area contributed by atoms with Gasteiger partial charge in [-0.05, 0) is 32.1 Å². The van der Waals surface area contributed by atoms with Gasteiger partial charge >= 0.3 is 0 Å². The summed E-state index contributed by atoms with van der Waals surface area (Å²) in [7, 11) is 0. The molecule has 2 N–H and O–H groups in total. The molecule has 0 aliphatic heterocycles. The first-order valence-corrected chi connectivity index (χ1v) is 6.50. The Labute approximate surface area is 111 Å². The summed E-state index contributed by atoms with van der Waals surface area (Å²) < 4.78 is 9.70. The highest BCUT2D eigenvalue weighted by Crippen LogP contribution is 1.98. The van der Waals surface area contributed by atoms with Crippen LogP contribution in [0.2, 0.25) is 0 Å². The molecular formula is C14H28O4. The molecule has 0 aromatic carbocycles. The molecule has 0 unspecified atom stereocenters. The van der Waals surface area contributed by atoms with Crippen molar-refractivity contribution < 1.29 is 19.7 Å². The number of aliphatic hydroxyl groups is 2. The largest absolute Gasteiger partial charge is 0.502 e. The van der Waals surface area contributed by atoms with Crippen LogP contribution in [-0.2, 0) is 9.47 Å². The van der Waals surface area contributed by atoms with Crippen molar-refractivity contribution in [2.24, 2.45) is 0 Å². The molecule has 0 saturated heterocycles. The van der Waals surface area contributed by atoms with Crippen molar-refractivity contribution in [2.75, 3.05) is 26.4 Å². The van der Waals surface area contributed by atoms with E-state index in [1.54, 1.807) is 0 Å². The molecule has 0 saturated carbocycles. The molecular weight excluding hydrogens is 232 g/mol. The molecule has 0 radical (unpaired) electrons. The van der Waals surface area contributed by atoms with Crippen molar-refractivity contribution in [2.45, 2.75) is 38.5 Å². The van der Waals surface area contributed by atoms with Crippen molar-refractivity contribution in [3.63, 3.8) is 0 Å². The number of hydrogen-bond acceptors (Lipinski definition) is 4. The van der Waals surface area contributed by atoms with E-state index >= 15 is 0 Å². The summed E-state index contributed by atoms with van der Waals surface area (Å²) in [4.78, 5) is 0. The second-order valence-corrected chi connectivity index (χ2v) is 3.64. The second-order valence-electron chi connectivity index (χ2n) is 3.64. The van der Waals surface area contributed by atoms with Gasteiger partial charge < -0.3 is 19.7 Å². The van der Waals surface area contributed by atoms with E-state index in [1.165, 1.54) is 12.5 Å². The molecule has 18 heavy (non-hydrogen) atoms. The molecule has 4 heteroatoms. The van der Waals surface area contributed by atoms with Crippen molar-refractivity contribution in [1.82, 2.24) is 0 Å². The molecule has 0 rings (SSSR count). The highest BCUT2D eigenvalue weighted by atomic mass is 16.5. The summed E-state index contributed by atoms with van der Waals surface area (Å²) in [6, 6.07) is 0. The van der Waals surface area contributed by atoms with Gasteiger partial charge in [-0.2, -0.15) is 0 Å². The summed E-state index contributed by atoms with van der Waals surface area (Å²) in [5.41, 5.74) is 0. The molecule has 0 fully saturated rings. The molecule has 108 valence electrons. The van der Waals surface area contributed by atoms with E-state index in [-0.39, 0.29) is 6.61 Å². The summed E-state index contributed by atoms with van der Waals surface area (Å²) >= 11 is 0. The third-order valence-electron chi connectivity index (χ3n) is 2.08. The van der Waals surface area contributed by atoms with Crippen LogP contribution in [0.5, 0.6) is 0 Å². The first-order chi connectivity index (χ1) is 8.83. The van der Waals surface area contributed by atoms with Crippen LogP contribution in [0, 0.1) is 0 Å². The predicted molar refractivity (Wildman–Crippen MR) is 74.2 cm³/mol. The van der Waals surface area contributed by atoms with Crippen LogP contribution in [0.15, 0.2) is 25.7 Å². The molecule has 0 aromatic heterocycles. The lowest BCUT2D eigenvalue weighted by Gasteiger charge is -1.98. The first-order valence-electron chi connectivity index (χ1n) is 6.50. The lowest BCUT2D eigenvalue weighted by atomic mass is 10.2. The summed E-state index contributed by atoms with van der Waals surface area (Å²) in [6.45, 7) is 8.79. The lowest BCUT2D eigenvalue weighted by Crippen LogP contribution is -1.89. The van der Waals surface area contributed by atoms with E-state index in [9.17, 15) is 0 Å². The minimum Gasteiger partial charge on any atom is -0.502 e. The average Bonchev–Trinajstić information content (AvgIpc) is 2.40. The van der Waals surface area contributed by atoms with Gasteiger partial charge in [-0.3, -0.25) is 0 Å². The van der Waals surface area contributed by atoms with E-state index in [4.69, 9.17) is 19.7 Å². The van der Waals surface area contributed by atoms with Gasteiger partial charge in [0, 0.05) is 13.2 Å². The number of rotatable bonds is 12. The maximum atomic E-state index is 8.42. The SMILES string of the molecule is C=COCCCCCCO.C=COCCCCO. The van der Waals surface area contributed by atoms with Crippen molar-refractivity contribution in [1.29, 1.82) is 0 Å². The van der Waals surface area contributed by atoms with Crippen LogP contribution in [0.1, 0.15) is 38.5 Å². The minimum absolute atomic E-state index is 0.250. The van der Waals surface area contributed by atoms with Crippen molar-refractivity contribution >= 4 is 0 Å². The van der Waals surface area contributed by atoms with Gasteiger partial charge in [0.25, 0.3) is 0 Å². The average molecular weight is 260 g/mol. The zero-order valence-corrected chi connectivity index (χ0v) is 11.4.